The monoisotopic (exact) mass is 316 g/mol. The molecular weight excluding hydrogens is 304 g/mol. The van der Waals surface area contributed by atoms with Crippen LogP contribution in [0, 0.1) is 6.92 Å². The zero-order chi connectivity index (χ0) is 11.5. The first-order valence-electron chi connectivity index (χ1n) is 5.03. The van der Waals surface area contributed by atoms with Gasteiger partial charge in [-0.1, -0.05) is 0 Å². The lowest BCUT2D eigenvalue weighted by molar-refractivity contribution is 0.581. The van der Waals surface area contributed by atoms with E-state index < -0.39 is 0 Å². The van der Waals surface area contributed by atoms with E-state index >= 15 is 0 Å². The van der Waals surface area contributed by atoms with Crippen molar-refractivity contribution in [3.8, 4) is 0 Å². The molecule has 5 heteroatoms. The average Bonchev–Trinajstić information content (AvgIpc) is 2.84. The normalized spacial score (nSPS) is 12.9. The third-order valence-electron chi connectivity index (χ3n) is 2.24. The topological polar surface area (TPSA) is 24.9 Å². The molecule has 0 bridgehead atoms. The van der Waals surface area contributed by atoms with Gasteiger partial charge in [0.05, 0.1) is 0 Å². The molecule has 2 rings (SSSR count). The van der Waals surface area contributed by atoms with Crippen molar-refractivity contribution in [3.05, 3.63) is 36.9 Å². The number of aromatic nitrogens is 1. The van der Waals surface area contributed by atoms with Gasteiger partial charge in [-0.3, -0.25) is 0 Å². The van der Waals surface area contributed by atoms with Gasteiger partial charge in [0.25, 0.3) is 0 Å². The molecule has 0 aromatic carbocycles. The molecule has 1 N–H and O–H groups in total. The lowest BCUT2D eigenvalue weighted by Crippen LogP contribution is -2.16. The van der Waals surface area contributed by atoms with Crippen LogP contribution in [0.5, 0.6) is 0 Å². The van der Waals surface area contributed by atoms with E-state index in [9.17, 15) is 0 Å². The molecule has 0 aliphatic heterocycles. The number of nitrogens with one attached hydrogen (secondary N) is 1. The molecule has 0 aliphatic rings. The molecule has 0 fully saturated rings. The zero-order valence-corrected chi connectivity index (χ0v) is 12.4. The van der Waals surface area contributed by atoms with Crippen LogP contribution in [0.1, 0.15) is 28.5 Å². The Bertz CT molecular complexity index is 464. The molecule has 86 valence electrons. The van der Waals surface area contributed by atoms with Gasteiger partial charge < -0.3 is 5.32 Å². The number of halogens is 1. The van der Waals surface area contributed by atoms with Gasteiger partial charge in [0.15, 0.2) is 0 Å². The summed E-state index contributed by atoms with van der Waals surface area (Å²) in [7, 11) is 0. The maximum atomic E-state index is 4.43. The highest BCUT2D eigenvalue weighted by Crippen LogP contribution is 2.25. The fourth-order valence-corrected chi connectivity index (χ4v) is 3.58. The maximum Gasteiger partial charge on any atom is 0.107 e. The summed E-state index contributed by atoms with van der Waals surface area (Å²) in [6.45, 7) is 5.05. The lowest BCUT2D eigenvalue weighted by Gasteiger charge is -2.10. The maximum absolute atomic E-state index is 4.43. The molecule has 0 saturated carbocycles. The minimum atomic E-state index is 0.375. The summed E-state index contributed by atoms with van der Waals surface area (Å²) in [6.07, 6.45) is 0. The third-order valence-corrected chi connectivity index (χ3v) is 5.08. The second-order valence-corrected chi connectivity index (χ2v) is 6.45. The Kier molecular flexibility index (Phi) is 4.13. The molecule has 0 amide bonds. The number of rotatable bonds is 4. The summed E-state index contributed by atoms with van der Waals surface area (Å²) in [4.78, 5) is 5.78. The Labute approximate surface area is 112 Å². The quantitative estimate of drug-likeness (QED) is 0.917. The molecule has 2 nitrogen and oxygen atoms in total. The van der Waals surface area contributed by atoms with E-state index in [1.165, 1.54) is 4.88 Å². The lowest BCUT2D eigenvalue weighted by atomic mass is 10.3. The van der Waals surface area contributed by atoms with Gasteiger partial charge in [0, 0.05) is 38.4 Å². The third kappa shape index (κ3) is 3.13. The summed E-state index contributed by atoms with van der Waals surface area (Å²) in [6, 6.07) is 2.54. The Morgan fingerprint density at radius 3 is 2.81 bits per heavy atom. The van der Waals surface area contributed by atoms with Crippen LogP contribution in [0.15, 0.2) is 21.3 Å². The van der Waals surface area contributed by atoms with Crippen molar-refractivity contribution in [1.29, 1.82) is 0 Å². The summed E-state index contributed by atoms with van der Waals surface area (Å²) in [5, 5.41) is 8.83. The molecule has 2 aromatic rings. The van der Waals surface area contributed by atoms with Crippen molar-refractivity contribution in [2.75, 3.05) is 0 Å². The molecule has 2 heterocycles. The highest BCUT2D eigenvalue weighted by molar-refractivity contribution is 9.10. The van der Waals surface area contributed by atoms with E-state index in [4.69, 9.17) is 0 Å². The summed E-state index contributed by atoms with van der Waals surface area (Å²) < 4.78 is 1.16. The Morgan fingerprint density at radius 2 is 2.25 bits per heavy atom. The first kappa shape index (κ1) is 12.2. The van der Waals surface area contributed by atoms with Crippen LogP contribution < -0.4 is 5.32 Å². The molecule has 1 unspecified atom stereocenters. The predicted octanol–water partition coefficient (Wildman–Crippen LogP) is 4.13. The van der Waals surface area contributed by atoms with Crippen molar-refractivity contribution in [2.45, 2.75) is 26.4 Å². The van der Waals surface area contributed by atoms with Gasteiger partial charge in [-0.2, -0.15) is 0 Å². The first-order chi connectivity index (χ1) is 7.65. The standard InChI is InChI=1S/C11H13BrN2S2/c1-7-5-16-11(14-7)4-13-8(2)10-3-9(12)6-15-10/h3,5-6,8,13H,4H2,1-2H3. The van der Waals surface area contributed by atoms with Crippen molar-refractivity contribution in [1.82, 2.24) is 10.3 Å². The van der Waals surface area contributed by atoms with Crippen LogP contribution in [-0.2, 0) is 6.54 Å². The number of hydrogen-bond acceptors (Lipinski definition) is 4. The van der Waals surface area contributed by atoms with Gasteiger partial charge in [-0.15, -0.1) is 22.7 Å². The van der Waals surface area contributed by atoms with E-state index in [0.717, 1.165) is 21.7 Å². The molecule has 0 saturated heterocycles. The summed E-state index contributed by atoms with van der Waals surface area (Å²) >= 11 is 6.96. The predicted molar refractivity (Wildman–Crippen MR) is 74.1 cm³/mol. The van der Waals surface area contributed by atoms with Crippen molar-refractivity contribution >= 4 is 38.6 Å². The van der Waals surface area contributed by atoms with Crippen LogP contribution in [-0.4, -0.2) is 4.98 Å². The fourth-order valence-electron chi connectivity index (χ4n) is 1.38. The molecular formula is C11H13BrN2S2. The first-order valence-corrected chi connectivity index (χ1v) is 7.58. The van der Waals surface area contributed by atoms with E-state index in [1.54, 1.807) is 22.7 Å². The van der Waals surface area contributed by atoms with E-state index in [0.29, 0.717) is 6.04 Å². The minimum absolute atomic E-state index is 0.375. The second kappa shape index (κ2) is 5.40. The fraction of sp³-hybridized carbons (Fsp3) is 0.364. The van der Waals surface area contributed by atoms with Gasteiger partial charge in [-0.25, -0.2) is 4.98 Å². The zero-order valence-electron chi connectivity index (χ0n) is 9.16. The summed E-state index contributed by atoms with van der Waals surface area (Å²) in [5.74, 6) is 0. The van der Waals surface area contributed by atoms with E-state index in [2.05, 4.69) is 50.0 Å². The Balaban J connectivity index is 1.91. The highest BCUT2D eigenvalue weighted by atomic mass is 79.9. The van der Waals surface area contributed by atoms with Crippen molar-refractivity contribution < 1.29 is 0 Å². The Hall–Kier alpha value is -0.230. The minimum Gasteiger partial charge on any atom is -0.303 e. The van der Waals surface area contributed by atoms with Crippen LogP contribution in [0.25, 0.3) is 0 Å². The van der Waals surface area contributed by atoms with E-state index in [1.807, 2.05) is 6.92 Å². The van der Waals surface area contributed by atoms with Gasteiger partial charge in [-0.05, 0) is 35.8 Å². The van der Waals surface area contributed by atoms with Crippen molar-refractivity contribution in [2.24, 2.45) is 0 Å². The van der Waals surface area contributed by atoms with Crippen LogP contribution >= 0.6 is 38.6 Å². The smallest absolute Gasteiger partial charge is 0.107 e. The van der Waals surface area contributed by atoms with Gasteiger partial charge in [0.2, 0.25) is 0 Å². The van der Waals surface area contributed by atoms with E-state index in [-0.39, 0.29) is 0 Å². The van der Waals surface area contributed by atoms with Crippen LogP contribution in [0.2, 0.25) is 0 Å². The van der Waals surface area contributed by atoms with Crippen molar-refractivity contribution in [3.63, 3.8) is 0 Å². The average molecular weight is 317 g/mol. The van der Waals surface area contributed by atoms with Gasteiger partial charge in [0.1, 0.15) is 5.01 Å². The largest absolute Gasteiger partial charge is 0.303 e. The molecule has 0 radical (unpaired) electrons. The number of hydrogen-bond donors (Lipinski definition) is 1. The second-order valence-electron chi connectivity index (χ2n) is 3.65. The molecule has 0 spiro atoms. The number of thiazole rings is 1. The molecule has 1 atom stereocenters. The van der Waals surface area contributed by atoms with Crippen LogP contribution in [0.3, 0.4) is 0 Å². The summed E-state index contributed by atoms with van der Waals surface area (Å²) in [5.41, 5.74) is 1.10. The van der Waals surface area contributed by atoms with Gasteiger partial charge >= 0.3 is 0 Å². The van der Waals surface area contributed by atoms with Crippen LogP contribution in [0.4, 0.5) is 0 Å². The number of thiophene rings is 1. The molecule has 2 aromatic heterocycles. The Morgan fingerprint density at radius 1 is 1.44 bits per heavy atom. The SMILES string of the molecule is Cc1csc(CNC(C)c2cc(Br)cs2)n1. The molecule has 0 aliphatic carbocycles. The number of nitrogens with zero attached hydrogens (tertiary/aromatic N) is 1. The molecule has 16 heavy (non-hydrogen) atoms. The number of aryl methyl sites for hydroxylation is 1. The highest BCUT2D eigenvalue weighted by Gasteiger charge is 2.08.